The molecule has 2 rings (SSSR count). The highest BCUT2D eigenvalue weighted by molar-refractivity contribution is 7.89. The van der Waals surface area contributed by atoms with Crippen LogP contribution in [-0.2, 0) is 16.6 Å². The van der Waals surface area contributed by atoms with E-state index in [9.17, 15) is 8.42 Å². The van der Waals surface area contributed by atoms with Crippen molar-refractivity contribution in [2.75, 3.05) is 0 Å². The molecule has 19 heavy (non-hydrogen) atoms. The zero-order chi connectivity index (χ0) is 13.9. The molecule has 0 aromatic carbocycles. The fraction of sp³-hybridized carbons (Fsp3) is 0.100. The number of sulfonamides is 1. The minimum Gasteiger partial charge on any atom is -0.388 e. The molecule has 0 aliphatic heterocycles. The van der Waals surface area contributed by atoms with Crippen molar-refractivity contribution in [2.24, 2.45) is 5.73 Å². The fourth-order valence-electron chi connectivity index (χ4n) is 1.37. The molecule has 2 aromatic heterocycles. The van der Waals surface area contributed by atoms with Crippen LogP contribution in [0, 0.1) is 0 Å². The van der Waals surface area contributed by atoms with E-state index in [0.717, 1.165) is 0 Å². The molecule has 100 valence electrons. The van der Waals surface area contributed by atoms with E-state index in [0.29, 0.717) is 5.69 Å². The molecule has 0 atom stereocenters. The topological polar surface area (TPSA) is 111 Å². The summed E-state index contributed by atoms with van der Waals surface area (Å²) in [6, 6.07) is 4.43. The van der Waals surface area contributed by atoms with Crippen molar-refractivity contribution in [2.45, 2.75) is 11.4 Å². The summed E-state index contributed by atoms with van der Waals surface area (Å²) in [7, 11) is -3.77. The predicted molar refractivity (Wildman–Crippen MR) is 70.7 cm³/mol. The van der Waals surface area contributed by atoms with Crippen molar-refractivity contribution in [3.63, 3.8) is 0 Å². The highest BCUT2D eigenvalue weighted by atomic mass is 32.2. The highest BCUT2D eigenvalue weighted by Crippen LogP contribution is 2.13. The summed E-state index contributed by atoms with van der Waals surface area (Å²) in [5.41, 5.74) is 5.97. The van der Waals surface area contributed by atoms with E-state index in [-0.39, 0.29) is 22.1 Å². The first-order chi connectivity index (χ1) is 9.00. The Kier molecular flexibility index (Phi) is 3.88. The number of nitrogens with two attached hydrogens (primary N) is 1. The number of nitrogens with one attached hydrogen (secondary N) is 1. The highest BCUT2D eigenvalue weighted by Gasteiger charge is 2.20. The number of hydrogen-bond acceptors (Lipinski definition) is 6. The Balaban J connectivity index is 2.27. The molecule has 0 saturated heterocycles. The molecular formula is C10H10N4O3S2. The van der Waals surface area contributed by atoms with Gasteiger partial charge in [0, 0.05) is 12.3 Å². The molecule has 0 aliphatic carbocycles. The van der Waals surface area contributed by atoms with Crippen molar-refractivity contribution >= 4 is 27.2 Å². The largest absolute Gasteiger partial charge is 0.388 e. The summed E-state index contributed by atoms with van der Waals surface area (Å²) in [5.74, 6) is 0. The third-order valence-corrected chi connectivity index (χ3v) is 3.85. The van der Waals surface area contributed by atoms with Crippen molar-refractivity contribution < 1.29 is 12.9 Å². The van der Waals surface area contributed by atoms with Crippen molar-refractivity contribution in [1.29, 1.82) is 0 Å². The summed E-state index contributed by atoms with van der Waals surface area (Å²) < 4.78 is 31.2. The standard InChI is InChI=1S/C10H10N4O3S2/c11-10(18)9-8(2-1-4-12-9)19(15,16)13-6-7-3-5-17-14-7/h1-5,13H,6H2,(H2,11,18). The summed E-state index contributed by atoms with van der Waals surface area (Å²) >= 11 is 4.78. The Morgan fingerprint density at radius 2 is 2.26 bits per heavy atom. The Hall–Kier alpha value is -1.84. The zero-order valence-corrected chi connectivity index (χ0v) is 11.2. The van der Waals surface area contributed by atoms with Crippen LogP contribution in [0.2, 0.25) is 0 Å². The third-order valence-electron chi connectivity index (χ3n) is 2.23. The van der Waals surface area contributed by atoms with E-state index >= 15 is 0 Å². The molecule has 0 amide bonds. The molecule has 2 aromatic rings. The van der Waals surface area contributed by atoms with Gasteiger partial charge >= 0.3 is 0 Å². The smallest absolute Gasteiger partial charge is 0.243 e. The van der Waals surface area contributed by atoms with Gasteiger partial charge in [-0.3, -0.25) is 4.98 Å². The van der Waals surface area contributed by atoms with Gasteiger partial charge < -0.3 is 10.3 Å². The second-order valence-corrected chi connectivity index (χ2v) is 5.70. The van der Waals surface area contributed by atoms with Crippen molar-refractivity contribution in [3.8, 4) is 0 Å². The van der Waals surface area contributed by atoms with Gasteiger partial charge in [0.05, 0.1) is 12.2 Å². The summed E-state index contributed by atoms with van der Waals surface area (Å²) in [6.07, 6.45) is 2.78. The number of aromatic nitrogens is 2. The van der Waals surface area contributed by atoms with E-state index in [4.69, 9.17) is 18.0 Å². The van der Waals surface area contributed by atoms with Gasteiger partial charge in [-0.1, -0.05) is 17.4 Å². The molecule has 3 N–H and O–H groups in total. The van der Waals surface area contributed by atoms with Crippen LogP contribution in [0.25, 0.3) is 0 Å². The average Bonchev–Trinajstić information content (AvgIpc) is 2.89. The first-order valence-corrected chi connectivity index (χ1v) is 7.03. The Bertz CT molecular complexity index is 683. The maximum atomic E-state index is 12.1. The van der Waals surface area contributed by atoms with Gasteiger partial charge in [-0.25, -0.2) is 13.1 Å². The lowest BCUT2D eigenvalue weighted by molar-refractivity contribution is 0.411. The van der Waals surface area contributed by atoms with Crippen LogP contribution in [0.3, 0.4) is 0 Å². The van der Waals surface area contributed by atoms with Crippen LogP contribution in [0.15, 0.2) is 40.1 Å². The Morgan fingerprint density at radius 3 is 2.89 bits per heavy atom. The summed E-state index contributed by atoms with van der Waals surface area (Å²) in [4.78, 5) is 3.72. The lowest BCUT2D eigenvalue weighted by Crippen LogP contribution is -2.27. The van der Waals surface area contributed by atoms with Gasteiger partial charge in [-0.2, -0.15) is 0 Å². The molecular weight excluding hydrogens is 288 g/mol. The molecule has 9 heteroatoms. The minimum atomic E-state index is -3.77. The van der Waals surface area contributed by atoms with Crippen LogP contribution in [0.4, 0.5) is 0 Å². The monoisotopic (exact) mass is 298 g/mol. The quantitative estimate of drug-likeness (QED) is 0.757. The molecule has 0 unspecified atom stereocenters. The number of hydrogen-bond donors (Lipinski definition) is 2. The number of nitrogens with zero attached hydrogens (tertiary/aromatic N) is 2. The number of thiocarbonyl (C=S) groups is 1. The van der Waals surface area contributed by atoms with Gasteiger partial charge in [-0.15, -0.1) is 0 Å². The van der Waals surface area contributed by atoms with Gasteiger partial charge in [0.25, 0.3) is 0 Å². The zero-order valence-electron chi connectivity index (χ0n) is 9.61. The minimum absolute atomic E-state index is 0.00447. The normalized spacial score (nSPS) is 11.4. The molecule has 0 spiro atoms. The third kappa shape index (κ3) is 3.13. The SMILES string of the molecule is NC(=S)c1ncccc1S(=O)(=O)NCc1ccon1. The second kappa shape index (κ2) is 5.43. The first-order valence-electron chi connectivity index (χ1n) is 5.14. The summed E-state index contributed by atoms with van der Waals surface area (Å²) in [5, 5.41) is 3.60. The lowest BCUT2D eigenvalue weighted by atomic mass is 10.3. The average molecular weight is 298 g/mol. The van der Waals surface area contributed by atoms with Gasteiger partial charge in [0.15, 0.2) is 0 Å². The van der Waals surface area contributed by atoms with Crippen LogP contribution < -0.4 is 10.5 Å². The van der Waals surface area contributed by atoms with Crippen LogP contribution in [0.1, 0.15) is 11.4 Å². The van der Waals surface area contributed by atoms with E-state index < -0.39 is 10.0 Å². The molecule has 7 nitrogen and oxygen atoms in total. The Labute approximate surface area is 114 Å². The molecule has 2 heterocycles. The fourth-order valence-corrected chi connectivity index (χ4v) is 2.76. The van der Waals surface area contributed by atoms with Gasteiger partial charge in [0.1, 0.15) is 21.8 Å². The van der Waals surface area contributed by atoms with Crippen LogP contribution in [-0.4, -0.2) is 23.5 Å². The molecule has 0 aliphatic rings. The van der Waals surface area contributed by atoms with E-state index in [1.54, 1.807) is 6.07 Å². The van der Waals surface area contributed by atoms with E-state index in [1.807, 2.05) is 0 Å². The Morgan fingerprint density at radius 1 is 1.47 bits per heavy atom. The van der Waals surface area contributed by atoms with Crippen molar-refractivity contribution in [1.82, 2.24) is 14.9 Å². The molecule has 0 saturated carbocycles. The lowest BCUT2D eigenvalue weighted by Gasteiger charge is -2.08. The first kappa shape index (κ1) is 13.6. The number of pyridine rings is 1. The van der Waals surface area contributed by atoms with Gasteiger partial charge in [0.2, 0.25) is 10.0 Å². The second-order valence-electron chi connectivity index (χ2n) is 3.53. The maximum absolute atomic E-state index is 12.1. The predicted octanol–water partition coefficient (Wildman–Crippen LogP) is 0.182. The van der Waals surface area contributed by atoms with Gasteiger partial charge in [-0.05, 0) is 12.1 Å². The summed E-state index contributed by atoms with van der Waals surface area (Å²) in [6.45, 7) is 0.00447. The van der Waals surface area contributed by atoms with Crippen LogP contribution >= 0.6 is 12.2 Å². The molecule has 0 radical (unpaired) electrons. The maximum Gasteiger partial charge on any atom is 0.243 e. The molecule has 0 bridgehead atoms. The van der Waals surface area contributed by atoms with E-state index in [1.165, 1.54) is 24.6 Å². The molecule has 0 fully saturated rings. The van der Waals surface area contributed by atoms with E-state index in [2.05, 4.69) is 19.4 Å². The van der Waals surface area contributed by atoms with Crippen LogP contribution in [0.5, 0.6) is 0 Å². The number of rotatable bonds is 5. The van der Waals surface area contributed by atoms with Crippen molar-refractivity contribution in [3.05, 3.63) is 42.0 Å².